The van der Waals surface area contributed by atoms with Crippen LogP contribution in [0.2, 0.25) is 0 Å². The normalized spacial score (nSPS) is 18.7. The Kier molecular flexibility index (Phi) is 6.62. The van der Waals surface area contributed by atoms with Gasteiger partial charge in [-0.15, -0.1) is 0 Å². The molecule has 2 aliphatic heterocycles. The van der Waals surface area contributed by atoms with Crippen LogP contribution in [0.25, 0.3) is 27.8 Å². The Labute approximate surface area is 244 Å². The van der Waals surface area contributed by atoms with Crippen LogP contribution < -0.4 is 5.73 Å². The third-order valence-corrected chi connectivity index (χ3v) is 9.45. The van der Waals surface area contributed by atoms with E-state index in [9.17, 15) is 9.50 Å². The van der Waals surface area contributed by atoms with Crippen molar-refractivity contribution in [1.29, 1.82) is 0 Å². The molecule has 0 amide bonds. The monoisotopic (exact) mass is 568 g/mol. The van der Waals surface area contributed by atoms with Crippen molar-refractivity contribution < 1.29 is 9.50 Å². The largest absolute Gasteiger partial charge is 0.508 e. The highest BCUT2D eigenvalue weighted by atomic mass is 19.1. The molecule has 2 fully saturated rings. The maximum absolute atomic E-state index is 14.3. The summed E-state index contributed by atoms with van der Waals surface area (Å²) in [6.45, 7) is 7.54. The summed E-state index contributed by atoms with van der Waals surface area (Å²) >= 11 is 0. The molecule has 0 radical (unpaired) electrons. The second-order valence-corrected chi connectivity index (χ2v) is 12.3. The number of hydrogen-bond donors (Lipinski definition) is 2. The van der Waals surface area contributed by atoms with E-state index in [-0.39, 0.29) is 17.6 Å². The van der Waals surface area contributed by atoms with Crippen molar-refractivity contribution in [2.24, 2.45) is 5.41 Å². The number of phenolic OH excluding ortho intramolecular Hbond substituents is 1. The van der Waals surface area contributed by atoms with Crippen LogP contribution >= 0.6 is 0 Å². The fraction of sp³-hybridized carbons (Fsp3) is 0.406. The zero-order valence-electron chi connectivity index (χ0n) is 24.2. The van der Waals surface area contributed by atoms with Crippen LogP contribution in [0.1, 0.15) is 49.9 Å². The van der Waals surface area contributed by atoms with E-state index in [4.69, 9.17) is 10.8 Å². The van der Waals surface area contributed by atoms with Crippen molar-refractivity contribution >= 4 is 22.4 Å². The average Bonchev–Trinajstić information content (AvgIpc) is 3.54. The van der Waals surface area contributed by atoms with Gasteiger partial charge >= 0.3 is 0 Å². The molecule has 0 aliphatic carbocycles. The van der Waals surface area contributed by atoms with Crippen LogP contribution in [0.3, 0.4) is 0 Å². The smallest absolute Gasteiger partial charge is 0.164 e. The van der Waals surface area contributed by atoms with Gasteiger partial charge in [-0.25, -0.2) is 19.0 Å². The number of aromatic nitrogens is 5. The lowest BCUT2D eigenvalue weighted by molar-refractivity contribution is 0.0312. The van der Waals surface area contributed by atoms with Crippen molar-refractivity contribution in [3.8, 4) is 17.0 Å². The zero-order chi connectivity index (χ0) is 29.0. The van der Waals surface area contributed by atoms with Crippen molar-refractivity contribution in [3.63, 3.8) is 0 Å². The molecular weight excluding hydrogens is 531 g/mol. The Morgan fingerprint density at radius 2 is 1.90 bits per heavy atom. The first kappa shape index (κ1) is 26.9. The van der Waals surface area contributed by atoms with E-state index >= 15 is 0 Å². The molecule has 6 heterocycles. The van der Waals surface area contributed by atoms with E-state index in [1.165, 1.54) is 62.9 Å². The van der Waals surface area contributed by atoms with Gasteiger partial charge in [0.2, 0.25) is 0 Å². The quantitative estimate of drug-likeness (QED) is 0.305. The van der Waals surface area contributed by atoms with Crippen LogP contribution in [0, 0.1) is 11.2 Å². The van der Waals surface area contributed by atoms with E-state index in [0.29, 0.717) is 27.7 Å². The Hall–Kier alpha value is -4.02. The lowest BCUT2D eigenvalue weighted by atomic mass is 9.72. The second kappa shape index (κ2) is 10.4. The van der Waals surface area contributed by atoms with Gasteiger partial charge in [0.05, 0.1) is 11.4 Å². The van der Waals surface area contributed by atoms with E-state index in [2.05, 4.69) is 68.6 Å². The molecule has 1 spiro atoms. The molecule has 1 unspecified atom stereocenters. The Morgan fingerprint density at radius 1 is 1.07 bits per heavy atom. The van der Waals surface area contributed by atoms with Crippen LogP contribution in [-0.2, 0) is 6.54 Å². The maximum atomic E-state index is 14.3. The molecule has 1 atom stereocenters. The summed E-state index contributed by atoms with van der Waals surface area (Å²) in [5.41, 5.74) is 11.7. The van der Waals surface area contributed by atoms with Gasteiger partial charge in [0.25, 0.3) is 0 Å². The summed E-state index contributed by atoms with van der Waals surface area (Å²) < 4.78 is 18.4. The molecule has 9 nitrogen and oxygen atoms in total. The van der Waals surface area contributed by atoms with Crippen molar-refractivity contribution in [3.05, 3.63) is 72.1 Å². The van der Waals surface area contributed by atoms with Crippen LogP contribution in [-0.4, -0.2) is 72.3 Å². The first-order valence-electron chi connectivity index (χ1n) is 14.8. The van der Waals surface area contributed by atoms with Crippen LogP contribution in [0.4, 0.5) is 10.2 Å². The lowest BCUT2D eigenvalue weighted by Crippen LogP contribution is -2.48. The number of likely N-dealkylation sites (tertiary alicyclic amines) is 2. The number of hydrogen-bond acceptors (Lipinski definition) is 7. The molecule has 2 saturated heterocycles. The second-order valence-electron chi connectivity index (χ2n) is 12.3. The summed E-state index contributed by atoms with van der Waals surface area (Å²) in [4.78, 5) is 13.9. The summed E-state index contributed by atoms with van der Waals surface area (Å²) in [7, 11) is 2.26. The Morgan fingerprint density at radius 3 is 2.69 bits per heavy atom. The predicted molar refractivity (Wildman–Crippen MR) is 162 cm³/mol. The van der Waals surface area contributed by atoms with Crippen LogP contribution in [0.5, 0.6) is 5.75 Å². The highest BCUT2D eigenvalue weighted by molar-refractivity contribution is 5.98. The topological polar surface area (TPSA) is 101 Å². The molecule has 0 bridgehead atoms. The van der Waals surface area contributed by atoms with Gasteiger partial charge in [0.15, 0.2) is 5.65 Å². The summed E-state index contributed by atoms with van der Waals surface area (Å²) in [6.07, 6.45) is 8.66. The van der Waals surface area contributed by atoms with Gasteiger partial charge in [-0.05, 0) is 101 Å². The average molecular weight is 569 g/mol. The van der Waals surface area contributed by atoms with E-state index in [1.54, 1.807) is 0 Å². The third-order valence-electron chi connectivity index (χ3n) is 9.45. The maximum Gasteiger partial charge on any atom is 0.164 e. The number of nitrogens with two attached hydrogens (primary N) is 1. The van der Waals surface area contributed by atoms with E-state index < -0.39 is 5.82 Å². The van der Waals surface area contributed by atoms with Gasteiger partial charge < -0.3 is 20.1 Å². The number of anilines is 1. The number of halogens is 1. The van der Waals surface area contributed by atoms with Crippen molar-refractivity contribution in [1.82, 2.24) is 33.9 Å². The molecule has 1 aromatic carbocycles. The molecule has 0 saturated carbocycles. The first-order valence-corrected chi connectivity index (χ1v) is 14.8. The minimum absolute atomic E-state index is 0.180. The molecule has 7 rings (SSSR count). The van der Waals surface area contributed by atoms with Gasteiger partial charge in [-0.1, -0.05) is 6.07 Å². The molecule has 3 N–H and O–H groups in total. The number of benzene rings is 1. The fourth-order valence-corrected chi connectivity index (χ4v) is 7.30. The Bertz CT molecular complexity index is 1750. The summed E-state index contributed by atoms with van der Waals surface area (Å²) in [5, 5.41) is 15.6. The number of nitrogens with zero attached hydrogens (tertiary/aromatic N) is 7. The molecule has 218 valence electrons. The molecule has 10 heteroatoms. The standard InChI is InChI=1S/C32H37FN8O/c1-21(41-31-28(30(34)35-20-36-31)29(37-41)22-14-23(33)16-25(42)15-22)26-17-24-6-3-4-11-40(24)27(26)18-39-12-8-32(9-13-39)7-5-10-38(2)19-32/h3-4,6,11,14-17,20-21,42H,5,7-10,12-13,18-19H2,1-2H3,(H2,34,35,36). The highest BCUT2D eigenvalue weighted by Gasteiger charge is 2.37. The number of phenols is 1. The first-order chi connectivity index (χ1) is 20.3. The minimum Gasteiger partial charge on any atom is -0.508 e. The zero-order valence-corrected chi connectivity index (χ0v) is 24.2. The van der Waals surface area contributed by atoms with Crippen molar-refractivity contribution in [2.45, 2.75) is 45.2 Å². The molecule has 4 aromatic heterocycles. The molecular formula is C32H37FN8O. The van der Waals surface area contributed by atoms with Gasteiger partial charge in [0.1, 0.15) is 29.4 Å². The van der Waals surface area contributed by atoms with Gasteiger partial charge in [0, 0.05) is 42.1 Å². The molecule has 5 aromatic rings. The Balaban J connectivity index is 1.27. The number of piperidine rings is 2. The number of fused-ring (bicyclic) bond motifs is 2. The minimum atomic E-state index is -0.555. The number of pyridine rings is 1. The summed E-state index contributed by atoms with van der Waals surface area (Å²) in [6, 6.07) is 12.2. The number of nitrogen functional groups attached to an aromatic ring is 1. The van der Waals surface area contributed by atoms with Crippen LogP contribution in [0.15, 0.2) is 55.0 Å². The SMILES string of the molecule is CC(c1cc2ccccn2c1CN1CCC2(CCCN(C)C2)CC1)n1nc(-c2cc(O)cc(F)c2)c2c(N)ncnc21. The van der Waals surface area contributed by atoms with Gasteiger partial charge in [-0.3, -0.25) is 4.90 Å². The number of aromatic hydroxyl groups is 1. The van der Waals surface area contributed by atoms with E-state index in [0.717, 1.165) is 36.8 Å². The summed E-state index contributed by atoms with van der Waals surface area (Å²) in [5.74, 6) is -0.476. The molecule has 2 aliphatic rings. The number of rotatable bonds is 5. The van der Waals surface area contributed by atoms with Crippen molar-refractivity contribution in [2.75, 3.05) is 39.0 Å². The van der Waals surface area contributed by atoms with E-state index in [1.807, 2.05) is 4.68 Å². The predicted octanol–water partition coefficient (Wildman–Crippen LogP) is 5.09. The highest BCUT2D eigenvalue weighted by Crippen LogP contribution is 2.41. The molecule has 42 heavy (non-hydrogen) atoms. The lowest BCUT2D eigenvalue weighted by Gasteiger charge is -2.47. The fourth-order valence-electron chi connectivity index (χ4n) is 7.30. The van der Waals surface area contributed by atoms with Gasteiger partial charge in [-0.2, -0.15) is 5.10 Å². The third kappa shape index (κ3) is 4.68.